The number of aryl methyl sites for hydroxylation is 1. The van der Waals surface area contributed by atoms with E-state index in [0.717, 1.165) is 94.6 Å². The van der Waals surface area contributed by atoms with E-state index in [1.807, 2.05) is 45.0 Å². The number of amides is 2. The van der Waals surface area contributed by atoms with E-state index in [9.17, 15) is 19.8 Å². The molecule has 0 unspecified atom stereocenters. The Labute approximate surface area is 447 Å². The van der Waals surface area contributed by atoms with Crippen molar-refractivity contribution < 1.29 is 38.4 Å². The number of H-pyrrole nitrogens is 1. The number of aliphatic hydroxyl groups is 2. The first-order valence-corrected chi connectivity index (χ1v) is 27.5. The van der Waals surface area contributed by atoms with Crippen molar-refractivity contribution in [2.24, 2.45) is 5.92 Å². The van der Waals surface area contributed by atoms with E-state index in [2.05, 4.69) is 58.9 Å². The molecule has 2 bridgehead atoms. The van der Waals surface area contributed by atoms with Gasteiger partial charge in [0.2, 0.25) is 11.8 Å². The van der Waals surface area contributed by atoms with E-state index in [-0.39, 0.29) is 55.4 Å². The van der Waals surface area contributed by atoms with Gasteiger partial charge in [-0.2, -0.15) is 15.1 Å². The van der Waals surface area contributed by atoms with Crippen LogP contribution in [0.15, 0.2) is 54.3 Å². The molecule has 21 heteroatoms. The van der Waals surface area contributed by atoms with Crippen LogP contribution in [0.1, 0.15) is 91.6 Å². The molecule has 4 aromatic heterocycles. The van der Waals surface area contributed by atoms with E-state index in [1.165, 1.54) is 27.0 Å². The molecule has 4 saturated heterocycles. The standard InChI is InChI=1S/C56H61FN12O7S/c1-29(2)51(55(73)68-24-38(71)18-46(68)54(72)61-35(26-70)11-12-47-31(4)59-28-77-47)69-25-45(65-66-69)34-7-5-32(6-8-34)27-75-52-49(48-30(3)43(57)20-44-42(48)22-60-64-44)40(33-9-10-33)19-41-50(52)62-56(76-39-13-15-74-16-14-39)63-53(41)67-23-36-17-37(67)21-58-36/h5-8,19-20,22,25,28-29,33,35-39,46,51,58,70-71H,9-10,13-18,21,23-24,26-27H2,1-4H3,(H,60,64)(H,61,72)/t35-,36+,37+,38-,46+,51+/m1/s1. The third-order valence-corrected chi connectivity index (χ3v) is 16.5. The number of benzene rings is 3. The van der Waals surface area contributed by atoms with Gasteiger partial charge in [-0.15, -0.1) is 16.4 Å². The molecule has 5 aliphatic rings. The molecular weight excluding hydrogens is 1000 g/mol. The number of nitrogens with zero attached hydrogens (tertiary/aromatic N) is 9. The van der Waals surface area contributed by atoms with Gasteiger partial charge in [0.15, 0.2) is 5.75 Å². The van der Waals surface area contributed by atoms with Gasteiger partial charge in [-0.05, 0) is 73.8 Å². The van der Waals surface area contributed by atoms with E-state index in [1.54, 1.807) is 24.8 Å². The van der Waals surface area contributed by atoms with Gasteiger partial charge in [0, 0.05) is 78.4 Å². The monoisotopic (exact) mass is 1060 g/mol. The third-order valence-electron chi connectivity index (χ3n) is 15.7. The van der Waals surface area contributed by atoms with Crippen LogP contribution in [-0.2, 0) is 20.9 Å². The quantitative estimate of drug-likeness (QED) is 0.0754. The fraction of sp³-hybridized carbons (Fsp3) is 0.464. The van der Waals surface area contributed by atoms with Gasteiger partial charge in [0.1, 0.15) is 53.7 Å². The highest BCUT2D eigenvalue weighted by molar-refractivity contribution is 7.10. The Bertz CT molecular complexity index is 3430. The maximum atomic E-state index is 16.1. The minimum atomic E-state index is -0.994. The molecule has 8 heterocycles. The summed E-state index contributed by atoms with van der Waals surface area (Å²) in [7, 11) is 0. The second kappa shape index (κ2) is 21.0. The van der Waals surface area contributed by atoms with Crippen molar-refractivity contribution in [3.05, 3.63) is 87.4 Å². The minimum Gasteiger partial charge on any atom is -0.486 e. The van der Waals surface area contributed by atoms with Crippen LogP contribution in [0, 0.1) is 37.4 Å². The molecule has 1 aliphatic carbocycles. The number of piperazine rings is 1. The number of nitrogens with one attached hydrogen (secondary N) is 3. The number of ether oxygens (including phenoxy) is 3. The number of rotatable bonds is 15. The van der Waals surface area contributed by atoms with Gasteiger partial charge >= 0.3 is 6.01 Å². The number of halogens is 1. The summed E-state index contributed by atoms with van der Waals surface area (Å²) >= 11 is 1.36. The number of thiazole rings is 1. The van der Waals surface area contributed by atoms with Crippen molar-refractivity contribution in [3.8, 4) is 46.0 Å². The Kier molecular flexibility index (Phi) is 13.9. The van der Waals surface area contributed by atoms with Crippen molar-refractivity contribution in [1.29, 1.82) is 0 Å². The summed E-state index contributed by atoms with van der Waals surface area (Å²) in [6.45, 7) is 9.92. The van der Waals surface area contributed by atoms with Crippen LogP contribution in [0.2, 0.25) is 0 Å². The van der Waals surface area contributed by atoms with Crippen LogP contribution < -0.4 is 25.0 Å². The van der Waals surface area contributed by atoms with Crippen LogP contribution in [0.5, 0.6) is 11.8 Å². The van der Waals surface area contributed by atoms with Gasteiger partial charge in [-0.1, -0.05) is 55.2 Å². The maximum Gasteiger partial charge on any atom is 0.319 e. The zero-order valence-electron chi connectivity index (χ0n) is 43.3. The third kappa shape index (κ3) is 9.97. The molecule has 1 saturated carbocycles. The number of β-amino-alcohol motifs (C(OH)–C–C–N with tert-alkyl or cyclic N) is 1. The van der Waals surface area contributed by atoms with Crippen LogP contribution in [-0.4, -0.2) is 143 Å². The van der Waals surface area contributed by atoms with Crippen LogP contribution in [0.25, 0.3) is 44.2 Å². The number of aromatic nitrogens is 8. The number of anilines is 1. The molecule has 2 amide bonds. The Hall–Kier alpha value is -7.09. The molecule has 5 fully saturated rings. The number of aromatic amines is 1. The van der Waals surface area contributed by atoms with E-state index in [0.29, 0.717) is 52.9 Å². The number of fused-ring (bicyclic) bond motifs is 4. The van der Waals surface area contributed by atoms with Gasteiger partial charge in [-0.3, -0.25) is 14.7 Å². The molecule has 12 rings (SSSR count). The Morgan fingerprint density at radius 3 is 2.57 bits per heavy atom. The minimum absolute atomic E-state index is 0.0287. The average molecular weight is 1070 g/mol. The predicted octanol–water partition coefficient (Wildman–Crippen LogP) is 5.90. The normalized spacial score (nSPS) is 21.2. The lowest BCUT2D eigenvalue weighted by atomic mass is 9.88. The van der Waals surface area contributed by atoms with Crippen molar-refractivity contribution in [2.75, 3.05) is 44.4 Å². The molecular formula is C56H61FN12O7S. The number of hydrogen-bond acceptors (Lipinski definition) is 16. The van der Waals surface area contributed by atoms with Gasteiger partial charge in [0.25, 0.3) is 0 Å². The highest BCUT2D eigenvalue weighted by Gasteiger charge is 2.44. The molecule has 400 valence electrons. The number of likely N-dealkylation sites (tertiary alicyclic amines) is 1. The van der Waals surface area contributed by atoms with E-state index >= 15 is 4.39 Å². The van der Waals surface area contributed by atoms with Crippen molar-refractivity contribution >= 4 is 50.8 Å². The summed E-state index contributed by atoms with van der Waals surface area (Å²) in [5.74, 6) is 5.88. The van der Waals surface area contributed by atoms with Crippen LogP contribution in [0.4, 0.5) is 10.2 Å². The Balaban J connectivity index is 0.848. The molecule has 6 atom stereocenters. The first kappa shape index (κ1) is 50.7. The number of aliphatic hydroxyl groups excluding tert-OH is 2. The smallest absolute Gasteiger partial charge is 0.319 e. The average Bonchev–Trinajstić information content (AvgIpc) is 4.28. The maximum absolute atomic E-state index is 16.1. The van der Waals surface area contributed by atoms with Crippen LogP contribution in [0.3, 0.4) is 0 Å². The summed E-state index contributed by atoms with van der Waals surface area (Å²) in [6.07, 6.45) is 6.87. The first-order chi connectivity index (χ1) is 37.4. The lowest BCUT2D eigenvalue weighted by Crippen LogP contribution is -2.51. The number of carbonyl (C=O) groups excluding carboxylic acids is 2. The topological polar surface area (TPSA) is 231 Å². The highest BCUT2D eigenvalue weighted by atomic mass is 32.1. The highest BCUT2D eigenvalue weighted by Crippen LogP contribution is 2.53. The van der Waals surface area contributed by atoms with E-state index in [4.69, 9.17) is 24.2 Å². The Morgan fingerprint density at radius 2 is 1.86 bits per heavy atom. The summed E-state index contributed by atoms with van der Waals surface area (Å²) in [5, 5.41) is 45.2. The second-order valence-corrected chi connectivity index (χ2v) is 22.2. The van der Waals surface area contributed by atoms with Crippen LogP contribution >= 0.6 is 11.3 Å². The molecule has 4 aliphatic heterocycles. The molecule has 19 nitrogen and oxygen atoms in total. The first-order valence-electron chi connectivity index (χ1n) is 26.6. The van der Waals surface area contributed by atoms with Gasteiger partial charge in [-0.25, -0.2) is 14.1 Å². The largest absolute Gasteiger partial charge is 0.486 e. The zero-order valence-corrected chi connectivity index (χ0v) is 44.1. The Morgan fingerprint density at radius 1 is 1.04 bits per heavy atom. The summed E-state index contributed by atoms with van der Waals surface area (Å²) < 4.78 is 37.1. The molecule has 77 heavy (non-hydrogen) atoms. The molecule has 0 spiro atoms. The summed E-state index contributed by atoms with van der Waals surface area (Å²) in [6, 6.07) is 9.63. The van der Waals surface area contributed by atoms with Gasteiger partial charge in [0.05, 0.1) is 59.9 Å². The molecule has 3 aromatic carbocycles. The molecule has 5 N–H and O–H groups in total. The lowest BCUT2D eigenvalue weighted by Gasteiger charge is -2.31. The van der Waals surface area contributed by atoms with E-state index < -0.39 is 42.7 Å². The summed E-state index contributed by atoms with van der Waals surface area (Å²) in [5.41, 5.74) is 8.75. The van der Waals surface area contributed by atoms with Gasteiger partial charge < -0.3 is 44.9 Å². The van der Waals surface area contributed by atoms with Crippen molar-refractivity contribution in [3.63, 3.8) is 0 Å². The van der Waals surface area contributed by atoms with Crippen molar-refractivity contribution in [1.82, 2.24) is 55.7 Å². The van der Waals surface area contributed by atoms with Crippen molar-refractivity contribution in [2.45, 2.75) is 121 Å². The fourth-order valence-corrected chi connectivity index (χ4v) is 12.1. The molecule has 0 radical (unpaired) electrons. The molecule has 7 aromatic rings. The second-order valence-electron chi connectivity index (χ2n) is 21.4. The predicted molar refractivity (Wildman–Crippen MR) is 286 cm³/mol. The number of hydrogen-bond donors (Lipinski definition) is 5. The fourth-order valence-electron chi connectivity index (χ4n) is 11.5. The summed E-state index contributed by atoms with van der Waals surface area (Å²) in [4.78, 5) is 47.3. The zero-order chi connectivity index (χ0) is 53.1. The SMILES string of the molecule is Cc1ncsc1C#C[C@H](CO)NC(=O)[C@@H]1C[C@@H](O)CN1C(=O)[C@H](C(C)C)n1cc(-c2ccc(COc3c(-c4c(C)c(F)cc5[nH]ncc45)c(C4CC4)cc4c(N5C[C@@H]6C[C@H]5CN6)nc(OC5CCOCC5)nc34)cc2)nn1. The lowest BCUT2D eigenvalue weighted by molar-refractivity contribution is -0.142. The number of carbonyl (C=O) groups is 2.